The molecule has 28 heavy (non-hydrogen) atoms. The van der Waals surface area contributed by atoms with E-state index in [0.29, 0.717) is 39.9 Å². The van der Waals surface area contributed by atoms with Gasteiger partial charge in [-0.1, -0.05) is 35.3 Å². The zero-order valence-electron chi connectivity index (χ0n) is 15.5. The van der Waals surface area contributed by atoms with E-state index in [4.69, 9.17) is 33.7 Å². The lowest BCUT2D eigenvalue weighted by Crippen LogP contribution is -2.43. The second kappa shape index (κ2) is 8.39. The third-order valence-electron chi connectivity index (χ3n) is 4.80. The van der Waals surface area contributed by atoms with E-state index in [1.54, 1.807) is 17.0 Å². The number of esters is 1. The highest BCUT2D eigenvalue weighted by atomic mass is 35.5. The number of nitrogens with zero attached hydrogens (tertiary/aromatic N) is 1. The number of anilines is 2. The summed E-state index contributed by atoms with van der Waals surface area (Å²) in [5.41, 5.74) is 8.64. The van der Waals surface area contributed by atoms with Crippen LogP contribution in [0.1, 0.15) is 30.5 Å². The van der Waals surface area contributed by atoms with Crippen molar-refractivity contribution >= 4 is 46.5 Å². The first kappa shape index (κ1) is 20.5. The fourth-order valence-electron chi connectivity index (χ4n) is 3.54. The normalized spacial score (nSPS) is 18.0. The van der Waals surface area contributed by atoms with E-state index < -0.39 is 18.1 Å². The minimum absolute atomic E-state index is 0.173. The molecule has 1 aliphatic rings. The van der Waals surface area contributed by atoms with Crippen LogP contribution in [0.15, 0.2) is 36.4 Å². The number of methoxy groups -OCH3 is 1. The van der Waals surface area contributed by atoms with Gasteiger partial charge in [-0.3, -0.25) is 4.79 Å². The summed E-state index contributed by atoms with van der Waals surface area (Å²) in [6.45, 7) is 1.89. The third kappa shape index (κ3) is 3.94. The Morgan fingerprint density at radius 3 is 2.50 bits per heavy atom. The maximum absolute atomic E-state index is 12.6. The van der Waals surface area contributed by atoms with Crippen LogP contribution in [-0.2, 0) is 20.9 Å². The number of benzene rings is 2. The number of carbonyl (C=O) groups excluding carboxylic acids is 2. The Balaban J connectivity index is 2.12. The summed E-state index contributed by atoms with van der Waals surface area (Å²) in [6, 6.07) is 9.63. The van der Waals surface area contributed by atoms with Crippen LogP contribution in [0, 0.1) is 0 Å². The smallest absolute Gasteiger partial charge is 0.328 e. The summed E-state index contributed by atoms with van der Waals surface area (Å²) in [5, 5.41) is 3.98. The molecule has 2 unspecified atom stereocenters. The number of ether oxygens (including phenoxy) is 1. The van der Waals surface area contributed by atoms with Crippen LogP contribution in [0.5, 0.6) is 0 Å². The van der Waals surface area contributed by atoms with E-state index in [1.807, 2.05) is 24.3 Å². The zero-order valence-corrected chi connectivity index (χ0v) is 17.1. The molecule has 0 saturated heterocycles. The monoisotopic (exact) mass is 421 g/mol. The molecule has 0 radical (unpaired) electrons. The van der Waals surface area contributed by atoms with Crippen LogP contribution in [0.2, 0.25) is 10.0 Å². The first-order chi connectivity index (χ1) is 13.3. The first-order valence-corrected chi connectivity index (χ1v) is 9.53. The summed E-state index contributed by atoms with van der Waals surface area (Å²) < 4.78 is 4.90. The predicted molar refractivity (Wildman–Crippen MR) is 111 cm³/mol. The second-order valence-electron chi connectivity index (χ2n) is 6.58. The first-order valence-electron chi connectivity index (χ1n) is 8.77. The molecule has 148 valence electrons. The summed E-state index contributed by atoms with van der Waals surface area (Å²) in [6.07, 6.45) is 0.305. The van der Waals surface area contributed by atoms with Gasteiger partial charge in [-0.15, -0.1) is 0 Å². The quantitative estimate of drug-likeness (QED) is 0.731. The summed E-state index contributed by atoms with van der Waals surface area (Å²) in [7, 11) is 1.33. The molecular formula is C20H21Cl2N3O3. The van der Waals surface area contributed by atoms with Crippen molar-refractivity contribution in [3.8, 4) is 0 Å². The molecule has 6 nitrogen and oxygen atoms in total. The van der Waals surface area contributed by atoms with Gasteiger partial charge in [0.1, 0.15) is 6.04 Å². The van der Waals surface area contributed by atoms with Crippen molar-refractivity contribution < 1.29 is 14.3 Å². The predicted octanol–water partition coefficient (Wildman–Crippen LogP) is 3.90. The molecule has 0 spiro atoms. The van der Waals surface area contributed by atoms with Gasteiger partial charge in [0.25, 0.3) is 0 Å². The number of rotatable bonds is 4. The van der Waals surface area contributed by atoms with Crippen molar-refractivity contribution in [1.82, 2.24) is 0 Å². The highest BCUT2D eigenvalue weighted by molar-refractivity contribution is 6.35. The van der Waals surface area contributed by atoms with Crippen molar-refractivity contribution in [3.05, 3.63) is 57.6 Å². The van der Waals surface area contributed by atoms with Crippen LogP contribution >= 0.6 is 23.2 Å². The van der Waals surface area contributed by atoms with Gasteiger partial charge in [-0.25, -0.2) is 4.79 Å². The van der Waals surface area contributed by atoms with E-state index in [2.05, 4.69) is 5.32 Å². The van der Waals surface area contributed by atoms with Gasteiger partial charge in [0, 0.05) is 46.9 Å². The number of fused-ring (bicyclic) bond motifs is 1. The van der Waals surface area contributed by atoms with Gasteiger partial charge in [-0.2, -0.15) is 0 Å². The summed E-state index contributed by atoms with van der Waals surface area (Å²) >= 11 is 12.6. The number of amides is 1. The van der Waals surface area contributed by atoms with Crippen molar-refractivity contribution in [2.24, 2.45) is 5.73 Å². The lowest BCUT2D eigenvalue weighted by molar-refractivity contribution is -0.142. The van der Waals surface area contributed by atoms with Crippen molar-refractivity contribution in [2.45, 2.75) is 32.0 Å². The van der Waals surface area contributed by atoms with Crippen molar-refractivity contribution in [1.29, 1.82) is 0 Å². The van der Waals surface area contributed by atoms with Crippen LogP contribution in [0.4, 0.5) is 11.4 Å². The topological polar surface area (TPSA) is 84.7 Å². The maximum atomic E-state index is 12.6. The number of hydrogen-bond donors (Lipinski definition) is 2. The highest BCUT2D eigenvalue weighted by Crippen LogP contribution is 2.44. The average molecular weight is 422 g/mol. The van der Waals surface area contributed by atoms with Crippen LogP contribution in [0.3, 0.4) is 0 Å². The molecule has 1 aliphatic heterocycles. The molecule has 3 rings (SSSR count). The fraction of sp³-hybridized carbons (Fsp3) is 0.300. The third-order valence-corrected chi connectivity index (χ3v) is 5.33. The Kier molecular flexibility index (Phi) is 6.13. The van der Waals surface area contributed by atoms with Crippen LogP contribution in [-0.4, -0.2) is 25.0 Å². The minimum Gasteiger partial charge on any atom is -0.467 e. The molecule has 1 heterocycles. The average Bonchev–Trinajstić information content (AvgIpc) is 2.66. The molecular weight excluding hydrogens is 401 g/mol. The highest BCUT2D eigenvalue weighted by Gasteiger charge is 2.38. The van der Waals surface area contributed by atoms with Gasteiger partial charge >= 0.3 is 5.97 Å². The molecule has 0 fully saturated rings. The Morgan fingerprint density at radius 1 is 1.25 bits per heavy atom. The summed E-state index contributed by atoms with van der Waals surface area (Å²) in [4.78, 5) is 26.5. The van der Waals surface area contributed by atoms with Gasteiger partial charge < -0.3 is 20.7 Å². The molecule has 0 bridgehead atoms. The van der Waals surface area contributed by atoms with E-state index in [-0.39, 0.29) is 5.91 Å². The van der Waals surface area contributed by atoms with Crippen LogP contribution in [0.25, 0.3) is 0 Å². The Labute approximate surface area is 173 Å². The number of hydrogen-bond acceptors (Lipinski definition) is 5. The Hall–Kier alpha value is -2.28. The molecule has 8 heteroatoms. The number of halogens is 2. The Morgan fingerprint density at radius 2 is 1.93 bits per heavy atom. The zero-order chi connectivity index (χ0) is 20.4. The lowest BCUT2D eigenvalue weighted by atomic mass is 9.90. The van der Waals surface area contributed by atoms with Gasteiger partial charge in [0.15, 0.2) is 0 Å². The molecule has 2 atom stereocenters. The molecule has 3 N–H and O–H groups in total. The maximum Gasteiger partial charge on any atom is 0.328 e. The standard InChI is InChI=1S/C20H21Cl2N3O3/c1-11(26)25(14-5-3-12(10-23)4-6-14)18-9-17(20(27)28-2)24-16-8-13(21)7-15(22)19(16)18/h3-8,17-18,24H,9-10,23H2,1-2H3. The molecule has 0 aliphatic carbocycles. The molecule has 1 amide bonds. The molecule has 2 aromatic rings. The number of nitrogens with one attached hydrogen (secondary N) is 1. The van der Waals surface area contributed by atoms with E-state index in [9.17, 15) is 9.59 Å². The summed E-state index contributed by atoms with van der Waals surface area (Å²) in [5.74, 6) is -0.596. The minimum atomic E-state index is -0.637. The number of carbonyl (C=O) groups is 2. The Bertz CT molecular complexity index is 902. The second-order valence-corrected chi connectivity index (χ2v) is 7.42. The molecule has 2 aromatic carbocycles. The molecule has 0 saturated carbocycles. The van der Waals surface area contributed by atoms with Crippen LogP contribution < -0.4 is 16.0 Å². The largest absolute Gasteiger partial charge is 0.467 e. The van der Waals surface area contributed by atoms with Gasteiger partial charge in [0.05, 0.1) is 13.2 Å². The van der Waals surface area contributed by atoms with E-state index in [1.165, 1.54) is 14.0 Å². The lowest BCUT2D eigenvalue weighted by Gasteiger charge is -2.39. The van der Waals surface area contributed by atoms with E-state index in [0.717, 1.165) is 5.56 Å². The fourth-order valence-corrected chi connectivity index (χ4v) is 4.16. The van der Waals surface area contributed by atoms with Crippen molar-refractivity contribution in [2.75, 3.05) is 17.3 Å². The van der Waals surface area contributed by atoms with Gasteiger partial charge in [-0.05, 0) is 29.8 Å². The molecule has 0 aromatic heterocycles. The number of nitrogens with two attached hydrogens (primary N) is 1. The van der Waals surface area contributed by atoms with Crippen molar-refractivity contribution in [3.63, 3.8) is 0 Å². The SMILES string of the molecule is COC(=O)C1CC(N(C(C)=O)c2ccc(CN)cc2)c2c(Cl)cc(Cl)cc2N1. The van der Waals surface area contributed by atoms with Gasteiger partial charge in [0.2, 0.25) is 5.91 Å². The van der Waals surface area contributed by atoms with E-state index >= 15 is 0 Å².